The Hall–Kier alpha value is -0.0600. The maximum Gasteiger partial charge on any atom is 1.00 e. The van der Waals surface area contributed by atoms with Crippen LogP contribution in [0.5, 0.6) is 0 Å². The minimum absolute atomic E-state index is 0. The molecule has 0 unspecified atom stereocenters. The molecule has 1 rings (SSSR count). The van der Waals surface area contributed by atoms with E-state index in [4.69, 9.17) is 0 Å². The fourth-order valence-corrected chi connectivity index (χ4v) is 4.10. The van der Waals surface area contributed by atoms with E-state index in [-0.39, 0.29) is 35.5 Å². The van der Waals surface area contributed by atoms with Crippen LogP contribution in [0.2, 0.25) is 0 Å². The fraction of sp³-hybridized carbons (Fsp3) is 0.913. The Kier molecular flexibility index (Phi) is 18.9. The molecule has 0 N–H and O–H groups in total. The first-order chi connectivity index (χ1) is 13.2. The molecule has 1 aliphatic rings. The molecule has 0 bridgehead atoms. The zero-order valence-corrected chi connectivity index (χ0v) is 20.7. The fourth-order valence-electron chi connectivity index (χ4n) is 4.10. The van der Waals surface area contributed by atoms with Gasteiger partial charge in [0, 0.05) is 13.0 Å². The van der Waals surface area contributed by atoms with E-state index in [2.05, 4.69) is 6.92 Å². The van der Waals surface area contributed by atoms with Crippen molar-refractivity contribution in [2.45, 2.75) is 129 Å². The van der Waals surface area contributed by atoms with E-state index in [0.717, 1.165) is 19.3 Å². The van der Waals surface area contributed by atoms with Crippen molar-refractivity contribution in [3.8, 4) is 0 Å². The average molecular weight is 404 g/mol. The summed E-state index contributed by atoms with van der Waals surface area (Å²) in [6.07, 6.45) is 21.4. The molecular weight excluding hydrogens is 361 g/mol. The van der Waals surface area contributed by atoms with Crippen LogP contribution in [-0.4, -0.2) is 29.4 Å². The van der Waals surface area contributed by atoms with Crippen LogP contribution < -0.4 is 34.7 Å². The second kappa shape index (κ2) is 18.9. The van der Waals surface area contributed by atoms with E-state index >= 15 is 0 Å². The number of carbonyl (C=O) groups excluding carboxylic acids is 2. The van der Waals surface area contributed by atoms with Crippen molar-refractivity contribution in [2.75, 3.05) is 6.54 Å². The smallest absolute Gasteiger partial charge is 0.548 e. The van der Waals surface area contributed by atoms with Crippen LogP contribution in [0.25, 0.3) is 0 Å². The van der Waals surface area contributed by atoms with Crippen molar-refractivity contribution in [3.05, 3.63) is 0 Å². The number of hydrogen-bond acceptors (Lipinski definition) is 3. The topological polar surface area (TPSA) is 60.4 Å². The van der Waals surface area contributed by atoms with Crippen LogP contribution >= 0.6 is 0 Å². The van der Waals surface area contributed by atoms with Gasteiger partial charge in [0.25, 0.3) is 0 Å². The molecule has 1 amide bonds. The number of unbranched alkanes of at least 4 members (excludes halogenated alkanes) is 14. The summed E-state index contributed by atoms with van der Waals surface area (Å²) in [5.41, 5.74) is 0. The Labute approximate surface area is 195 Å². The van der Waals surface area contributed by atoms with Crippen LogP contribution in [0, 0.1) is 0 Å². The Morgan fingerprint density at radius 2 is 1.21 bits per heavy atom. The van der Waals surface area contributed by atoms with Crippen molar-refractivity contribution in [3.63, 3.8) is 0 Å². The van der Waals surface area contributed by atoms with Crippen molar-refractivity contribution < 1.29 is 44.3 Å². The molecule has 1 saturated heterocycles. The van der Waals surface area contributed by atoms with E-state index in [1.807, 2.05) is 0 Å². The monoisotopic (exact) mass is 403 g/mol. The largest absolute Gasteiger partial charge is 1.00 e. The zero-order valence-electron chi connectivity index (χ0n) is 18.7. The van der Waals surface area contributed by atoms with Crippen LogP contribution in [0.1, 0.15) is 122 Å². The van der Waals surface area contributed by atoms with Crippen LogP contribution in [0.3, 0.4) is 0 Å². The molecule has 0 radical (unpaired) electrons. The number of rotatable bonds is 17. The molecule has 28 heavy (non-hydrogen) atoms. The summed E-state index contributed by atoms with van der Waals surface area (Å²) >= 11 is 0. The van der Waals surface area contributed by atoms with E-state index in [9.17, 15) is 14.7 Å². The van der Waals surface area contributed by atoms with Crippen LogP contribution in [-0.2, 0) is 9.59 Å². The molecule has 1 aliphatic heterocycles. The van der Waals surface area contributed by atoms with Gasteiger partial charge in [-0.3, -0.25) is 4.79 Å². The number of likely N-dealkylation sites (tertiary alicyclic amines) is 1. The molecular formula is C23H42NNaO3. The predicted octanol–water partition coefficient (Wildman–Crippen LogP) is 1.99. The molecule has 5 heteroatoms. The molecule has 0 aliphatic carbocycles. The number of hydrogen-bond donors (Lipinski definition) is 0. The molecule has 0 spiro atoms. The number of carboxylic acids is 1. The van der Waals surface area contributed by atoms with Gasteiger partial charge in [-0.1, -0.05) is 96.8 Å². The summed E-state index contributed by atoms with van der Waals surface area (Å²) in [7, 11) is 0. The normalized spacial score (nSPS) is 16.2. The van der Waals surface area contributed by atoms with E-state index in [1.165, 1.54) is 88.4 Å². The Bertz CT molecular complexity index is 403. The third-order valence-electron chi connectivity index (χ3n) is 5.84. The maximum atomic E-state index is 12.1. The van der Waals surface area contributed by atoms with Crippen LogP contribution in [0.4, 0.5) is 0 Å². The number of nitrogens with zero attached hydrogens (tertiary/aromatic N) is 1. The standard InChI is InChI=1S/C23H43NO3.Na/c1-2-3-4-5-6-7-8-9-10-11-12-13-14-15-16-19-22(25)24-20-17-18-21(24)23(26)27;/h21H,2-20H2,1H3,(H,26,27);/q;+1/p-1/t21-;/m0./s1. The summed E-state index contributed by atoms with van der Waals surface area (Å²) in [5.74, 6) is -1.10. The minimum Gasteiger partial charge on any atom is -0.548 e. The molecule has 158 valence electrons. The van der Waals surface area contributed by atoms with Gasteiger partial charge in [0.05, 0.1) is 12.0 Å². The molecule has 0 aromatic carbocycles. The van der Waals surface area contributed by atoms with Crippen molar-refractivity contribution in [2.24, 2.45) is 0 Å². The van der Waals surface area contributed by atoms with E-state index in [0.29, 0.717) is 19.4 Å². The van der Waals surface area contributed by atoms with Gasteiger partial charge in [0.15, 0.2) is 0 Å². The number of carboxylic acid groups (broad SMARTS) is 1. The Morgan fingerprint density at radius 1 is 0.786 bits per heavy atom. The minimum atomic E-state index is -1.10. The number of carbonyl (C=O) groups is 2. The molecule has 1 heterocycles. The quantitative estimate of drug-likeness (QED) is 0.276. The molecule has 1 fully saturated rings. The molecule has 1 atom stereocenters. The van der Waals surface area contributed by atoms with Gasteiger partial charge in [-0.25, -0.2) is 0 Å². The number of amides is 1. The van der Waals surface area contributed by atoms with Gasteiger partial charge >= 0.3 is 29.6 Å². The summed E-state index contributed by atoms with van der Waals surface area (Å²) in [4.78, 5) is 24.7. The maximum absolute atomic E-state index is 12.1. The summed E-state index contributed by atoms with van der Waals surface area (Å²) in [5, 5.41) is 11.0. The Balaban J connectivity index is 0.00000729. The van der Waals surface area contributed by atoms with Crippen molar-refractivity contribution >= 4 is 11.9 Å². The summed E-state index contributed by atoms with van der Waals surface area (Å²) in [6.45, 7) is 2.85. The second-order valence-electron chi connectivity index (χ2n) is 8.26. The van der Waals surface area contributed by atoms with E-state index in [1.54, 1.807) is 0 Å². The molecule has 4 nitrogen and oxygen atoms in total. The second-order valence-corrected chi connectivity index (χ2v) is 8.26. The van der Waals surface area contributed by atoms with Gasteiger partial charge in [0.1, 0.15) is 0 Å². The van der Waals surface area contributed by atoms with E-state index < -0.39 is 12.0 Å². The first kappa shape index (κ1) is 27.9. The van der Waals surface area contributed by atoms with Crippen molar-refractivity contribution in [1.82, 2.24) is 4.90 Å². The first-order valence-electron chi connectivity index (χ1n) is 11.7. The molecule has 0 aromatic heterocycles. The number of aliphatic carboxylic acids is 1. The van der Waals surface area contributed by atoms with Gasteiger partial charge in [0.2, 0.25) is 5.91 Å². The van der Waals surface area contributed by atoms with Gasteiger partial charge in [-0.2, -0.15) is 0 Å². The molecule has 0 saturated carbocycles. The van der Waals surface area contributed by atoms with Gasteiger partial charge in [-0.05, 0) is 19.3 Å². The van der Waals surface area contributed by atoms with Crippen LogP contribution in [0.15, 0.2) is 0 Å². The predicted molar refractivity (Wildman–Crippen MR) is 109 cm³/mol. The third-order valence-corrected chi connectivity index (χ3v) is 5.84. The van der Waals surface area contributed by atoms with Gasteiger partial charge < -0.3 is 14.8 Å². The van der Waals surface area contributed by atoms with Crippen molar-refractivity contribution in [1.29, 1.82) is 0 Å². The Morgan fingerprint density at radius 3 is 1.64 bits per heavy atom. The summed E-state index contributed by atoms with van der Waals surface area (Å²) < 4.78 is 0. The average Bonchev–Trinajstić information content (AvgIpc) is 3.15. The molecule has 0 aromatic rings. The first-order valence-corrected chi connectivity index (χ1v) is 11.7. The SMILES string of the molecule is CCCCCCCCCCCCCCCCCC(=O)N1CCC[C@H]1C(=O)[O-].[Na+]. The zero-order chi connectivity index (χ0) is 19.7. The summed E-state index contributed by atoms with van der Waals surface area (Å²) in [6, 6.07) is -0.686. The van der Waals surface area contributed by atoms with Gasteiger partial charge in [-0.15, -0.1) is 0 Å². The third kappa shape index (κ3) is 13.2.